The second kappa shape index (κ2) is 7.68. The minimum absolute atomic E-state index is 0.0661. The first-order valence-electron chi connectivity index (χ1n) is 10.4. The van der Waals surface area contributed by atoms with Gasteiger partial charge in [0.1, 0.15) is 12.4 Å². The van der Waals surface area contributed by atoms with Crippen LogP contribution in [-0.4, -0.2) is 52.4 Å². The van der Waals surface area contributed by atoms with Crippen molar-refractivity contribution in [3.63, 3.8) is 0 Å². The Morgan fingerprint density at radius 2 is 1.65 bits per heavy atom. The van der Waals surface area contributed by atoms with Gasteiger partial charge in [0.25, 0.3) is 0 Å². The molecule has 0 radical (unpaired) electrons. The number of oxazole rings is 1. The molecule has 5 rings (SSSR count). The number of fused-ring (bicyclic) bond motifs is 1. The van der Waals surface area contributed by atoms with Crippen molar-refractivity contribution in [3.8, 4) is 0 Å². The Labute approximate surface area is 177 Å². The predicted molar refractivity (Wildman–Crippen MR) is 111 cm³/mol. The van der Waals surface area contributed by atoms with Gasteiger partial charge in [-0.05, 0) is 42.2 Å². The molecule has 31 heavy (non-hydrogen) atoms. The lowest BCUT2D eigenvalue weighted by atomic mass is 10.1. The fraction of sp³-hybridized carbons (Fsp3) is 0.348. The first-order chi connectivity index (χ1) is 15.0. The number of aromatic nitrogens is 1. The zero-order valence-electron chi connectivity index (χ0n) is 16.9. The van der Waals surface area contributed by atoms with Crippen molar-refractivity contribution in [1.29, 1.82) is 0 Å². The normalized spacial score (nSPS) is 20.8. The van der Waals surface area contributed by atoms with Crippen LogP contribution < -0.4 is 5.76 Å². The van der Waals surface area contributed by atoms with Crippen LogP contribution in [0.1, 0.15) is 17.9 Å². The molecule has 2 atom stereocenters. The van der Waals surface area contributed by atoms with Crippen LogP contribution >= 0.6 is 0 Å². The Hall–Kier alpha value is -3.42. The standard InChI is InChI=1S/C23H22FN3O4/c24-16-7-5-15(6-8-16)17-13-18(17)22(29)26-11-9-25(10-12-26)21(28)14-27-19-3-1-2-4-20(19)31-23(27)30/h1-8,17-18H,9-14H2/t17-,18-/m1/s1. The number of carbonyl (C=O) groups excluding carboxylic acids is 2. The van der Waals surface area contributed by atoms with Gasteiger partial charge in [-0.3, -0.25) is 14.2 Å². The first kappa shape index (κ1) is 19.5. The van der Waals surface area contributed by atoms with Crippen LogP contribution in [0.15, 0.2) is 57.7 Å². The van der Waals surface area contributed by atoms with Crippen molar-refractivity contribution < 1.29 is 18.4 Å². The number of piperazine rings is 1. The largest absolute Gasteiger partial charge is 0.420 e. The van der Waals surface area contributed by atoms with Gasteiger partial charge in [-0.1, -0.05) is 24.3 Å². The molecule has 0 spiro atoms. The molecular weight excluding hydrogens is 401 g/mol. The number of amides is 2. The summed E-state index contributed by atoms with van der Waals surface area (Å²) in [6.45, 7) is 1.72. The zero-order chi connectivity index (χ0) is 21.5. The lowest BCUT2D eigenvalue weighted by Crippen LogP contribution is -2.52. The first-order valence-corrected chi connectivity index (χ1v) is 10.4. The summed E-state index contributed by atoms with van der Waals surface area (Å²) in [5, 5.41) is 0. The van der Waals surface area contributed by atoms with Crippen LogP contribution in [-0.2, 0) is 16.1 Å². The summed E-state index contributed by atoms with van der Waals surface area (Å²) < 4.78 is 19.6. The minimum atomic E-state index is -0.552. The van der Waals surface area contributed by atoms with E-state index in [0.717, 1.165) is 12.0 Å². The van der Waals surface area contributed by atoms with Crippen LogP contribution in [0.25, 0.3) is 11.1 Å². The van der Waals surface area contributed by atoms with Gasteiger partial charge in [0.05, 0.1) is 5.52 Å². The molecule has 7 nitrogen and oxygen atoms in total. The average molecular weight is 423 g/mol. The molecule has 2 aromatic carbocycles. The van der Waals surface area contributed by atoms with E-state index >= 15 is 0 Å². The molecule has 2 fully saturated rings. The number of benzene rings is 2. The third-order valence-electron chi connectivity index (χ3n) is 6.22. The van der Waals surface area contributed by atoms with Gasteiger partial charge >= 0.3 is 5.76 Å². The van der Waals surface area contributed by atoms with Crippen LogP contribution in [0, 0.1) is 11.7 Å². The Balaban J connectivity index is 1.17. The van der Waals surface area contributed by atoms with E-state index < -0.39 is 5.76 Å². The molecule has 2 heterocycles. The molecular formula is C23H22FN3O4. The van der Waals surface area contributed by atoms with E-state index in [2.05, 4.69) is 0 Å². The Bertz CT molecular complexity index is 1190. The van der Waals surface area contributed by atoms with E-state index in [9.17, 15) is 18.8 Å². The van der Waals surface area contributed by atoms with Crippen LogP contribution in [0.5, 0.6) is 0 Å². The Morgan fingerprint density at radius 1 is 0.968 bits per heavy atom. The van der Waals surface area contributed by atoms with Crippen molar-refractivity contribution in [3.05, 3.63) is 70.5 Å². The number of hydrogen-bond donors (Lipinski definition) is 0. The molecule has 3 aromatic rings. The minimum Gasteiger partial charge on any atom is -0.408 e. The second-order valence-electron chi connectivity index (χ2n) is 8.13. The topological polar surface area (TPSA) is 75.8 Å². The van der Waals surface area contributed by atoms with E-state index in [1.807, 2.05) is 0 Å². The van der Waals surface area contributed by atoms with Crippen LogP contribution in [0.4, 0.5) is 4.39 Å². The quantitative estimate of drug-likeness (QED) is 0.645. The van der Waals surface area contributed by atoms with Gasteiger partial charge in [0.15, 0.2) is 5.58 Å². The molecule has 160 valence electrons. The van der Waals surface area contributed by atoms with Gasteiger partial charge in [-0.2, -0.15) is 0 Å². The Morgan fingerprint density at radius 3 is 2.39 bits per heavy atom. The summed E-state index contributed by atoms with van der Waals surface area (Å²) >= 11 is 0. The van der Waals surface area contributed by atoms with E-state index in [1.165, 1.54) is 16.7 Å². The molecule has 8 heteroatoms. The predicted octanol–water partition coefficient (Wildman–Crippen LogP) is 2.21. The number of halogens is 1. The Kier molecular flexibility index (Phi) is 4.84. The molecule has 0 N–H and O–H groups in total. The molecule has 1 saturated heterocycles. The van der Waals surface area contributed by atoms with Gasteiger partial charge in [-0.15, -0.1) is 0 Å². The number of rotatable bonds is 4. The molecule has 2 amide bonds. The molecule has 1 aromatic heterocycles. The summed E-state index contributed by atoms with van der Waals surface area (Å²) in [6.07, 6.45) is 0.778. The van der Waals surface area contributed by atoms with Gasteiger partial charge in [-0.25, -0.2) is 9.18 Å². The summed E-state index contributed by atoms with van der Waals surface area (Å²) in [7, 11) is 0. The molecule has 1 aliphatic carbocycles. The monoisotopic (exact) mass is 423 g/mol. The summed E-state index contributed by atoms with van der Waals surface area (Å²) in [4.78, 5) is 41.1. The SMILES string of the molecule is O=C(Cn1c(=O)oc2ccccc21)N1CCN(C(=O)[C@@H]2C[C@@H]2c2ccc(F)cc2)CC1. The second-order valence-corrected chi connectivity index (χ2v) is 8.13. The summed E-state index contributed by atoms with van der Waals surface area (Å²) in [5.74, 6) is -0.824. The van der Waals surface area contributed by atoms with Gasteiger partial charge in [0, 0.05) is 32.1 Å². The highest BCUT2D eigenvalue weighted by atomic mass is 19.1. The highest BCUT2D eigenvalue weighted by Gasteiger charge is 2.46. The van der Waals surface area contributed by atoms with Gasteiger partial charge < -0.3 is 14.2 Å². The molecule has 0 bridgehead atoms. The fourth-order valence-corrected chi connectivity index (χ4v) is 4.36. The third-order valence-corrected chi connectivity index (χ3v) is 6.22. The maximum absolute atomic E-state index is 13.1. The fourth-order valence-electron chi connectivity index (χ4n) is 4.36. The van der Waals surface area contributed by atoms with Gasteiger partial charge in [0.2, 0.25) is 11.8 Å². The van der Waals surface area contributed by atoms with Crippen LogP contribution in [0.2, 0.25) is 0 Å². The number of hydrogen-bond acceptors (Lipinski definition) is 4. The van der Waals surface area contributed by atoms with Crippen molar-refractivity contribution in [2.45, 2.75) is 18.9 Å². The maximum Gasteiger partial charge on any atom is 0.420 e. The maximum atomic E-state index is 13.1. The highest BCUT2D eigenvalue weighted by Crippen LogP contribution is 2.48. The van der Waals surface area contributed by atoms with Crippen LogP contribution in [0.3, 0.4) is 0 Å². The number of para-hydroxylation sites is 2. The van der Waals surface area contributed by atoms with Crippen molar-refractivity contribution in [1.82, 2.24) is 14.4 Å². The smallest absolute Gasteiger partial charge is 0.408 e. The van der Waals surface area contributed by atoms with Crippen molar-refractivity contribution in [2.75, 3.05) is 26.2 Å². The highest BCUT2D eigenvalue weighted by molar-refractivity contribution is 5.84. The lowest BCUT2D eigenvalue weighted by Gasteiger charge is -2.35. The molecule has 2 aliphatic rings. The summed E-state index contributed by atoms with van der Waals surface area (Å²) in [6, 6.07) is 13.3. The zero-order valence-corrected chi connectivity index (χ0v) is 16.9. The van der Waals surface area contributed by atoms with Crippen molar-refractivity contribution in [2.24, 2.45) is 5.92 Å². The number of nitrogens with zero attached hydrogens (tertiary/aromatic N) is 3. The summed E-state index contributed by atoms with van der Waals surface area (Å²) in [5.41, 5.74) is 2.04. The molecule has 0 unspecified atom stereocenters. The van der Waals surface area contributed by atoms with Crippen molar-refractivity contribution >= 4 is 22.9 Å². The van der Waals surface area contributed by atoms with E-state index in [4.69, 9.17) is 4.42 Å². The molecule has 1 saturated carbocycles. The third kappa shape index (κ3) is 3.73. The number of carbonyl (C=O) groups is 2. The van der Waals surface area contributed by atoms with E-state index in [1.54, 1.807) is 46.2 Å². The average Bonchev–Trinajstić information content (AvgIpc) is 3.52. The van der Waals surface area contributed by atoms with E-state index in [-0.39, 0.29) is 36.0 Å². The molecule has 1 aliphatic heterocycles. The lowest BCUT2D eigenvalue weighted by molar-refractivity contribution is -0.140. The van der Waals surface area contributed by atoms with E-state index in [0.29, 0.717) is 37.3 Å².